The minimum Gasteiger partial charge on any atom is -0.493 e. The van der Waals surface area contributed by atoms with Crippen LogP contribution in [0.4, 0.5) is 0 Å². The topological polar surface area (TPSA) is 98.2 Å². The van der Waals surface area contributed by atoms with Gasteiger partial charge >= 0.3 is 0 Å². The second-order valence-corrected chi connectivity index (χ2v) is 8.73. The molecule has 9 heteroatoms. The number of nitrogens with zero attached hydrogens (tertiary/aromatic N) is 1. The van der Waals surface area contributed by atoms with E-state index in [0.717, 1.165) is 5.56 Å². The summed E-state index contributed by atoms with van der Waals surface area (Å²) in [6.45, 7) is 5.16. The normalized spacial score (nSPS) is 13.0. The van der Waals surface area contributed by atoms with Crippen LogP contribution in [0.5, 0.6) is 17.2 Å². The number of hydrogen-bond donors (Lipinski definition) is 2. The first-order chi connectivity index (χ1) is 13.3. The fourth-order valence-electron chi connectivity index (χ4n) is 2.66. The second-order valence-electron chi connectivity index (χ2n) is 6.47. The lowest BCUT2D eigenvalue weighted by Gasteiger charge is -2.18. The van der Waals surface area contributed by atoms with Crippen LogP contribution in [0.15, 0.2) is 17.1 Å². The Balaban J connectivity index is 2.81. The summed E-state index contributed by atoms with van der Waals surface area (Å²) in [5, 5.41) is 6.42. The van der Waals surface area contributed by atoms with Gasteiger partial charge in [-0.2, -0.15) is 0 Å². The molecule has 1 rings (SSSR count). The monoisotopic (exact) mass is 415 g/mol. The zero-order chi connectivity index (χ0) is 21.2. The molecule has 0 amide bonds. The lowest BCUT2D eigenvalue weighted by molar-refractivity contribution is 0.322. The van der Waals surface area contributed by atoms with Gasteiger partial charge in [0, 0.05) is 31.0 Å². The molecule has 0 aromatic heterocycles. The van der Waals surface area contributed by atoms with Crippen molar-refractivity contribution in [3.63, 3.8) is 0 Å². The maximum Gasteiger partial charge on any atom is 0.203 e. The van der Waals surface area contributed by atoms with Crippen molar-refractivity contribution in [3.8, 4) is 17.2 Å². The number of benzene rings is 1. The van der Waals surface area contributed by atoms with Crippen LogP contribution in [0.3, 0.4) is 0 Å². The highest BCUT2D eigenvalue weighted by atomic mass is 32.2. The van der Waals surface area contributed by atoms with E-state index >= 15 is 0 Å². The SMILES string of the molecule is CCNC(=NCCc1ccc(OC)c(OC)c1OC)NC(C)CCS(C)(=O)=O. The number of rotatable bonds is 11. The van der Waals surface area contributed by atoms with Crippen LogP contribution in [0, 0.1) is 0 Å². The molecule has 0 spiro atoms. The van der Waals surface area contributed by atoms with Crippen LogP contribution >= 0.6 is 0 Å². The summed E-state index contributed by atoms with van der Waals surface area (Å²) in [5.41, 5.74) is 0.963. The van der Waals surface area contributed by atoms with Gasteiger partial charge in [-0.05, 0) is 32.8 Å². The summed E-state index contributed by atoms with van der Waals surface area (Å²) < 4.78 is 38.9. The fraction of sp³-hybridized carbons (Fsp3) is 0.632. The highest BCUT2D eigenvalue weighted by molar-refractivity contribution is 7.90. The van der Waals surface area contributed by atoms with Gasteiger partial charge in [0.1, 0.15) is 9.84 Å². The molecule has 0 heterocycles. The van der Waals surface area contributed by atoms with Gasteiger partial charge in [0.15, 0.2) is 17.5 Å². The number of ether oxygens (including phenoxy) is 3. The predicted molar refractivity (Wildman–Crippen MR) is 113 cm³/mol. The van der Waals surface area contributed by atoms with Gasteiger partial charge in [0.25, 0.3) is 0 Å². The largest absolute Gasteiger partial charge is 0.493 e. The van der Waals surface area contributed by atoms with Crippen LogP contribution in [0.2, 0.25) is 0 Å². The van der Waals surface area contributed by atoms with Crippen LogP contribution < -0.4 is 24.8 Å². The first-order valence-electron chi connectivity index (χ1n) is 9.26. The number of guanidine groups is 1. The van der Waals surface area contributed by atoms with Crippen LogP contribution in [0.25, 0.3) is 0 Å². The molecule has 28 heavy (non-hydrogen) atoms. The van der Waals surface area contributed by atoms with Crippen molar-refractivity contribution in [3.05, 3.63) is 17.7 Å². The molecule has 0 bridgehead atoms. The third kappa shape index (κ3) is 7.84. The Morgan fingerprint density at radius 2 is 1.82 bits per heavy atom. The number of aliphatic imine (C=N–C) groups is 1. The van der Waals surface area contributed by atoms with E-state index in [2.05, 4.69) is 15.6 Å². The van der Waals surface area contributed by atoms with Gasteiger partial charge in [-0.15, -0.1) is 0 Å². The van der Waals surface area contributed by atoms with Gasteiger partial charge in [0.05, 0.1) is 27.1 Å². The molecule has 8 nitrogen and oxygen atoms in total. The van der Waals surface area contributed by atoms with Crippen molar-refractivity contribution < 1.29 is 22.6 Å². The lowest BCUT2D eigenvalue weighted by Crippen LogP contribution is -2.43. The smallest absolute Gasteiger partial charge is 0.203 e. The summed E-state index contributed by atoms with van der Waals surface area (Å²) in [6.07, 6.45) is 2.42. The molecule has 0 aliphatic rings. The first-order valence-corrected chi connectivity index (χ1v) is 11.3. The molecule has 2 N–H and O–H groups in total. The zero-order valence-corrected chi connectivity index (χ0v) is 18.5. The molecule has 1 unspecified atom stereocenters. The van der Waals surface area contributed by atoms with Gasteiger partial charge in [-0.25, -0.2) is 8.42 Å². The van der Waals surface area contributed by atoms with Gasteiger partial charge in [-0.1, -0.05) is 6.07 Å². The molecule has 0 aliphatic heterocycles. The molecule has 0 saturated carbocycles. The maximum atomic E-state index is 11.3. The minimum atomic E-state index is -2.98. The summed E-state index contributed by atoms with van der Waals surface area (Å²) in [6, 6.07) is 3.77. The van der Waals surface area contributed by atoms with Crippen LogP contribution in [-0.4, -0.2) is 66.8 Å². The lowest BCUT2D eigenvalue weighted by atomic mass is 10.1. The van der Waals surface area contributed by atoms with Crippen molar-refractivity contribution in [2.24, 2.45) is 4.99 Å². The van der Waals surface area contributed by atoms with E-state index < -0.39 is 9.84 Å². The number of sulfone groups is 1. The van der Waals surface area contributed by atoms with Gasteiger partial charge < -0.3 is 24.8 Å². The summed E-state index contributed by atoms with van der Waals surface area (Å²) >= 11 is 0. The van der Waals surface area contributed by atoms with Crippen LogP contribution in [0.1, 0.15) is 25.8 Å². The zero-order valence-electron chi connectivity index (χ0n) is 17.7. The molecular formula is C19H33N3O5S. The molecule has 160 valence electrons. The molecular weight excluding hydrogens is 382 g/mol. The quantitative estimate of drug-likeness (QED) is 0.419. The van der Waals surface area contributed by atoms with E-state index in [1.807, 2.05) is 26.0 Å². The molecule has 0 fully saturated rings. The highest BCUT2D eigenvalue weighted by Crippen LogP contribution is 2.39. The van der Waals surface area contributed by atoms with Crippen molar-refractivity contribution in [1.82, 2.24) is 10.6 Å². The molecule has 1 atom stereocenters. The van der Waals surface area contributed by atoms with E-state index in [9.17, 15) is 8.42 Å². The summed E-state index contributed by atoms with van der Waals surface area (Å²) in [5.74, 6) is 2.61. The summed E-state index contributed by atoms with van der Waals surface area (Å²) in [4.78, 5) is 4.58. The predicted octanol–water partition coefficient (Wildman–Crippen LogP) is 1.63. The van der Waals surface area contributed by atoms with E-state index in [-0.39, 0.29) is 11.8 Å². The van der Waals surface area contributed by atoms with Crippen molar-refractivity contribution >= 4 is 15.8 Å². The third-order valence-corrected chi connectivity index (χ3v) is 5.06. The van der Waals surface area contributed by atoms with Gasteiger partial charge in [-0.3, -0.25) is 4.99 Å². The first kappa shape index (κ1) is 23.9. The van der Waals surface area contributed by atoms with Crippen LogP contribution in [-0.2, 0) is 16.3 Å². The molecule has 0 aliphatic carbocycles. The summed E-state index contributed by atoms with van der Waals surface area (Å²) in [7, 11) is 1.78. The van der Waals surface area contributed by atoms with Gasteiger partial charge in [0.2, 0.25) is 5.75 Å². The Morgan fingerprint density at radius 1 is 1.14 bits per heavy atom. The third-order valence-electron chi connectivity index (χ3n) is 4.09. The average molecular weight is 416 g/mol. The Bertz CT molecular complexity index is 750. The molecule has 0 saturated heterocycles. The fourth-order valence-corrected chi connectivity index (χ4v) is 3.45. The standard InChI is InChI=1S/C19H33N3O5S/c1-7-20-19(22-14(2)11-13-28(6,23)24)21-12-10-15-8-9-16(25-3)18(27-5)17(15)26-4/h8-9,14H,7,10-13H2,1-6H3,(H2,20,21,22). The Kier molecular flexibility index (Phi) is 9.92. The Morgan fingerprint density at radius 3 is 2.36 bits per heavy atom. The van der Waals surface area contributed by atoms with E-state index in [4.69, 9.17) is 14.2 Å². The van der Waals surface area contributed by atoms with E-state index in [1.54, 1.807) is 21.3 Å². The maximum absolute atomic E-state index is 11.3. The second kappa shape index (κ2) is 11.6. The Labute approximate surface area is 168 Å². The van der Waals surface area contributed by atoms with Crippen molar-refractivity contribution in [2.45, 2.75) is 32.7 Å². The van der Waals surface area contributed by atoms with E-state index in [0.29, 0.717) is 49.1 Å². The number of nitrogens with one attached hydrogen (secondary N) is 2. The molecule has 1 aromatic rings. The number of methoxy groups -OCH3 is 3. The molecule has 0 radical (unpaired) electrons. The average Bonchev–Trinajstić information content (AvgIpc) is 2.65. The van der Waals surface area contributed by atoms with E-state index in [1.165, 1.54) is 6.26 Å². The minimum absolute atomic E-state index is 0.0110. The Hall–Kier alpha value is -2.16. The van der Waals surface area contributed by atoms with Crippen molar-refractivity contribution in [2.75, 3.05) is 46.4 Å². The highest BCUT2D eigenvalue weighted by Gasteiger charge is 2.15. The van der Waals surface area contributed by atoms with Crippen molar-refractivity contribution in [1.29, 1.82) is 0 Å². The number of hydrogen-bond acceptors (Lipinski definition) is 6. The molecule has 1 aromatic carbocycles.